The van der Waals surface area contributed by atoms with Crippen LogP contribution >= 0.6 is 9.24 Å². The molecule has 20 heavy (non-hydrogen) atoms. The van der Waals surface area contributed by atoms with Crippen molar-refractivity contribution in [2.75, 3.05) is 0 Å². The minimum Gasteiger partial charge on any atom is -0.257 e. The summed E-state index contributed by atoms with van der Waals surface area (Å²) in [5.74, 6) is 0. The quantitative estimate of drug-likeness (QED) is 0.607. The van der Waals surface area contributed by atoms with Crippen LogP contribution in [-0.2, 0) is 0 Å². The molecule has 0 spiro atoms. The molecule has 100 valence electrons. The van der Waals surface area contributed by atoms with Gasteiger partial charge in [-0.15, -0.1) is 0 Å². The summed E-state index contributed by atoms with van der Waals surface area (Å²) in [6.07, 6.45) is 1.79. The van der Waals surface area contributed by atoms with Crippen molar-refractivity contribution >= 4 is 14.7 Å². The number of pyridine rings is 1. The maximum Gasteiger partial charge on any atom is 0.0597 e. The molecule has 0 radical (unpaired) electrons. The summed E-state index contributed by atoms with van der Waals surface area (Å²) in [6, 6.07) is 24.8. The van der Waals surface area contributed by atoms with Crippen LogP contribution in [0.3, 0.4) is 0 Å². The predicted octanol–water partition coefficient (Wildman–Crippen LogP) is 4.24. The van der Waals surface area contributed by atoms with Crippen molar-refractivity contribution in [1.82, 2.24) is 4.98 Å². The summed E-state index contributed by atoms with van der Waals surface area (Å²) in [6.45, 7) is 2.04. The lowest BCUT2D eigenvalue weighted by Gasteiger charge is -1.98. The molecular weight excluding hydrogens is 261 g/mol. The molecule has 0 N–H and O–H groups in total. The first-order valence-corrected chi connectivity index (χ1v) is 7.12. The summed E-state index contributed by atoms with van der Waals surface area (Å²) < 4.78 is 0. The van der Waals surface area contributed by atoms with Crippen LogP contribution in [0.4, 0.5) is 0 Å². The summed E-state index contributed by atoms with van der Waals surface area (Å²) in [4.78, 5) is 4.04. The monoisotopic (exact) mass is 279 g/mol. The molecule has 2 heteroatoms. The third kappa shape index (κ3) is 4.29. The third-order valence-electron chi connectivity index (χ3n) is 2.93. The van der Waals surface area contributed by atoms with Crippen molar-refractivity contribution in [3.63, 3.8) is 0 Å². The molecule has 0 aliphatic rings. The van der Waals surface area contributed by atoms with E-state index in [0.29, 0.717) is 0 Å². The fourth-order valence-corrected chi connectivity index (χ4v) is 1.94. The van der Waals surface area contributed by atoms with Crippen LogP contribution in [0.25, 0.3) is 11.1 Å². The predicted molar refractivity (Wildman–Crippen MR) is 90.2 cm³/mol. The van der Waals surface area contributed by atoms with Gasteiger partial charge in [-0.05, 0) is 29.7 Å². The smallest absolute Gasteiger partial charge is 0.0597 e. The van der Waals surface area contributed by atoms with E-state index >= 15 is 0 Å². The van der Waals surface area contributed by atoms with Crippen molar-refractivity contribution in [1.29, 1.82) is 0 Å². The molecule has 0 saturated carbocycles. The third-order valence-corrected chi connectivity index (χ3v) is 3.54. The van der Waals surface area contributed by atoms with Crippen LogP contribution < -0.4 is 5.44 Å². The number of aromatic nitrogens is 1. The Morgan fingerprint density at radius 2 is 1.20 bits per heavy atom. The van der Waals surface area contributed by atoms with Crippen molar-refractivity contribution < 1.29 is 0 Å². The number of hydrogen-bond donors (Lipinski definition) is 0. The highest BCUT2D eigenvalue weighted by atomic mass is 31.0. The Bertz CT molecular complexity index is 577. The maximum atomic E-state index is 4.04. The van der Waals surface area contributed by atoms with Gasteiger partial charge in [0.1, 0.15) is 0 Å². The molecule has 1 atom stereocenters. The van der Waals surface area contributed by atoms with Crippen LogP contribution in [0, 0.1) is 6.92 Å². The number of hydrogen-bond acceptors (Lipinski definition) is 1. The Kier molecular flexibility index (Phi) is 5.46. The van der Waals surface area contributed by atoms with E-state index in [1.165, 1.54) is 16.7 Å². The lowest BCUT2D eigenvalue weighted by Crippen LogP contribution is -1.99. The van der Waals surface area contributed by atoms with Gasteiger partial charge in [-0.25, -0.2) is 0 Å². The molecule has 0 fully saturated rings. The van der Waals surface area contributed by atoms with Gasteiger partial charge in [0, 0.05) is 6.20 Å². The molecule has 1 nitrogen and oxygen atoms in total. The van der Waals surface area contributed by atoms with Gasteiger partial charge in [0.15, 0.2) is 0 Å². The van der Waals surface area contributed by atoms with Crippen molar-refractivity contribution in [2.24, 2.45) is 0 Å². The van der Waals surface area contributed by atoms with Gasteiger partial charge in [-0.1, -0.05) is 76.0 Å². The Hall–Kier alpha value is -1.98. The Labute approximate surface area is 122 Å². The maximum absolute atomic E-state index is 4.04. The highest BCUT2D eigenvalue weighted by molar-refractivity contribution is 7.27. The highest BCUT2D eigenvalue weighted by Gasteiger charge is 1.91. The van der Waals surface area contributed by atoms with E-state index in [0.717, 1.165) is 5.44 Å². The van der Waals surface area contributed by atoms with Crippen molar-refractivity contribution in [3.8, 4) is 11.1 Å². The van der Waals surface area contributed by atoms with E-state index in [4.69, 9.17) is 0 Å². The van der Waals surface area contributed by atoms with Crippen LogP contribution in [0.15, 0.2) is 79.0 Å². The molecule has 1 aromatic heterocycles. The SMILES string of the molecule is Cc1cccnc1P.c1ccc(-c2ccccc2)cc1. The zero-order valence-electron chi connectivity index (χ0n) is 11.5. The molecular formula is C18H18NP. The second kappa shape index (κ2) is 7.57. The molecule has 1 unspecified atom stereocenters. The minimum absolute atomic E-state index is 1.03. The summed E-state index contributed by atoms with van der Waals surface area (Å²) in [7, 11) is 2.58. The largest absolute Gasteiger partial charge is 0.257 e. The normalized spacial score (nSPS) is 9.50. The topological polar surface area (TPSA) is 12.9 Å². The molecule has 0 aliphatic carbocycles. The Morgan fingerprint density at radius 1 is 0.700 bits per heavy atom. The Morgan fingerprint density at radius 3 is 1.55 bits per heavy atom. The number of nitrogens with zero attached hydrogens (tertiary/aromatic N) is 1. The highest BCUT2D eigenvalue weighted by Crippen LogP contribution is 2.17. The van der Waals surface area contributed by atoms with E-state index in [9.17, 15) is 0 Å². The first kappa shape index (κ1) is 14.4. The fraction of sp³-hybridized carbons (Fsp3) is 0.0556. The van der Waals surface area contributed by atoms with Crippen LogP contribution in [-0.4, -0.2) is 4.98 Å². The van der Waals surface area contributed by atoms with Crippen molar-refractivity contribution in [2.45, 2.75) is 6.92 Å². The van der Waals surface area contributed by atoms with E-state index in [-0.39, 0.29) is 0 Å². The summed E-state index contributed by atoms with van der Waals surface area (Å²) >= 11 is 0. The zero-order valence-corrected chi connectivity index (χ0v) is 12.7. The van der Waals surface area contributed by atoms with E-state index in [2.05, 4.69) is 62.8 Å². The molecule has 0 saturated heterocycles. The zero-order chi connectivity index (χ0) is 14.2. The van der Waals surface area contributed by atoms with Gasteiger partial charge in [0.05, 0.1) is 5.44 Å². The van der Waals surface area contributed by atoms with Gasteiger partial charge in [-0.2, -0.15) is 0 Å². The van der Waals surface area contributed by atoms with Gasteiger partial charge in [0.2, 0.25) is 0 Å². The number of aryl methyl sites for hydroxylation is 1. The molecule has 3 rings (SSSR count). The van der Waals surface area contributed by atoms with Gasteiger partial charge in [0.25, 0.3) is 0 Å². The summed E-state index contributed by atoms with van der Waals surface area (Å²) in [5.41, 5.74) is 4.81. The first-order chi connectivity index (χ1) is 9.77. The van der Waals surface area contributed by atoms with Gasteiger partial charge >= 0.3 is 0 Å². The van der Waals surface area contributed by atoms with Crippen LogP contribution in [0.2, 0.25) is 0 Å². The summed E-state index contributed by atoms with van der Waals surface area (Å²) in [5, 5.41) is 0. The molecule has 0 aliphatic heterocycles. The second-order valence-electron chi connectivity index (χ2n) is 4.44. The van der Waals surface area contributed by atoms with E-state index in [1.807, 2.05) is 31.2 Å². The van der Waals surface area contributed by atoms with E-state index < -0.39 is 0 Å². The molecule has 1 heterocycles. The number of rotatable bonds is 1. The van der Waals surface area contributed by atoms with Gasteiger partial charge in [-0.3, -0.25) is 4.98 Å². The Balaban J connectivity index is 0.000000160. The van der Waals surface area contributed by atoms with Gasteiger partial charge < -0.3 is 0 Å². The number of benzene rings is 2. The molecule has 0 bridgehead atoms. The van der Waals surface area contributed by atoms with E-state index in [1.54, 1.807) is 6.20 Å². The second-order valence-corrected chi connectivity index (χ2v) is 4.98. The van der Waals surface area contributed by atoms with Crippen LogP contribution in [0.5, 0.6) is 0 Å². The average molecular weight is 279 g/mol. The van der Waals surface area contributed by atoms with Crippen molar-refractivity contribution in [3.05, 3.63) is 84.6 Å². The standard InChI is InChI=1S/C12H10.C6H8NP/c1-3-7-11(8-4-1)12-9-5-2-6-10-12;1-5-3-2-4-7-6(5)8/h1-10H;2-4H,8H2,1H3. The lowest BCUT2D eigenvalue weighted by atomic mass is 10.1. The fourth-order valence-electron chi connectivity index (χ4n) is 1.76. The molecule has 3 aromatic rings. The average Bonchev–Trinajstić information content (AvgIpc) is 2.53. The first-order valence-electron chi connectivity index (χ1n) is 6.55. The molecule has 0 amide bonds. The van der Waals surface area contributed by atoms with Crippen LogP contribution in [0.1, 0.15) is 5.56 Å². The lowest BCUT2D eigenvalue weighted by molar-refractivity contribution is 1.33. The molecule has 2 aromatic carbocycles. The minimum atomic E-state index is 1.03.